The lowest BCUT2D eigenvalue weighted by atomic mass is 10.2. The van der Waals surface area contributed by atoms with E-state index in [1.807, 2.05) is 32.9 Å². The van der Waals surface area contributed by atoms with Crippen LogP contribution in [0, 0.1) is 0 Å². The van der Waals surface area contributed by atoms with Crippen LogP contribution in [0.25, 0.3) is 0 Å². The molecule has 0 atom stereocenters. The lowest BCUT2D eigenvalue weighted by Crippen LogP contribution is -2.23. The van der Waals surface area contributed by atoms with Crippen molar-refractivity contribution in [2.24, 2.45) is 10.7 Å². The van der Waals surface area contributed by atoms with Crippen molar-refractivity contribution < 1.29 is 4.79 Å². The number of carbonyl (C=O) groups is 1. The van der Waals surface area contributed by atoms with Crippen molar-refractivity contribution in [3.05, 3.63) is 53.5 Å². The van der Waals surface area contributed by atoms with E-state index in [-0.39, 0.29) is 5.91 Å². The van der Waals surface area contributed by atoms with Gasteiger partial charge in [-0.05, 0) is 44.6 Å². The Kier molecular flexibility index (Phi) is 6.87. The van der Waals surface area contributed by atoms with Crippen molar-refractivity contribution in [1.82, 2.24) is 10.3 Å². The number of carbonyl (C=O) groups excluding carboxylic acids is 1. The predicted molar refractivity (Wildman–Crippen MR) is 86.1 cm³/mol. The fraction of sp³-hybridized carbons (Fsp3) is 0.312. The number of allylic oxidation sites excluding steroid dienone is 2. The van der Waals surface area contributed by atoms with Gasteiger partial charge in [0.1, 0.15) is 5.84 Å². The first-order valence-corrected chi connectivity index (χ1v) is 6.93. The van der Waals surface area contributed by atoms with Crippen LogP contribution in [0.15, 0.2) is 47.2 Å². The Balaban J connectivity index is 2.58. The van der Waals surface area contributed by atoms with E-state index in [9.17, 15) is 4.79 Å². The minimum atomic E-state index is -0.124. The number of nitrogens with zero attached hydrogens (tertiary/aromatic N) is 2. The molecule has 1 amide bonds. The lowest BCUT2D eigenvalue weighted by Gasteiger charge is -2.04. The second-order valence-corrected chi connectivity index (χ2v) is 4.48. The van der Waals surface area contributed by atoms with Gasteiger partial charge in [-0.15, -0.1) is 0 Å². The number of hydrogen-bond acceptors (Lipinski definition) is 3. The van der Waals surface area contributed by atoms with Crippen molar-refractivity contribution in [3.63, 3.8) is 0 Å². The highest BCUT2D eigenvalue weighted by Gasteiger charge is 2.04. The van der Waals surface area contributed by atoms with Gasteiger partial charge in [0, 0.05) is 29.7 Å². The molecule has 0 bridgehead atoms. The van der Waals surface area contributed by atoms with Crippen LogP contribution in [-0.2, 0) is 6.42 Å². The monoisotopic (exact) mass is 286 g/mol. The molecule has 1 aromatic rings. The average molecular weight is 286 g/mol. The van der Waals surface area contributed by atoms with E-state index in [2.05, 4.69) is 15.3 Å². The van der Waals surface area contributed by atoms with Crippen molar-refractivity contribution in [3.8, 4) is 0 Å². The van der Waals surface area contributed by atoms with E-state index >= 15 is 0 Å². The van der Waals surface area contributed by atoms with Crippen LogP contribution in [0.1, 0.15) is 36.8 Å². The van der Waals surface area contributed by atoms with E-state index in [1.54, 1.807) is 24.4 Å². The number of aryl methyl sites for hydroxylation is 1. The quantitative estimate of drug-likeness (QED) is 0.621. The van der Waals surface area contributed by atoms with Crippen molar-refractivity contribution >= 4 is 11.7 Å². The van der Waals surface area contributed by atoms with Gasteiger partial charge in [-0.3, -0.25) is 9.78 Å². The molecule has 1 aromatic heterocycles. The Morgan fingerprint density at radius 1 is 1.52 bits per heavy atom. The zero-order valence-corrected chi connectivity index (χ0v) is 12.8. The topological polar surface area (TPSA) is 80.4 Å². The summed E-state index contributed by atoms with van der Waals surface area (Å²) in [5.74, 6) is 0.320. The standard InChI is InChI=1S/C16H22N4O/c1-4-6-15(17)20-12(3)7-9-19-16(21)13-8-10-18-14(5-2)11-13/h4,6-8,10-11H,5,9H2,1-3H3,(H2,17,20)(H,19,21)/b6-4+,12-7+. The molecule has 0 aliphatic rings. The van der Waals surface area contributed by atoms with Gasteiger partial charge in [-0.1, -0.05) is 13.0 Å². The van der Waals surface area contributed by atoms with Gasteiger partial charge in [0.05, 0.1) is 0 Å². The molecule has 112 valence electrons. The van der Waals surface area contributed by atoms with Crippen LogP contribution in [0.5, 0.6) is 0 Å². The molecule has 1 heterocycles. The van der Waals surface area contributed by atoms with Crippen LogP contribution in [0.4, 0.5) is 0 Å². The van der Waals surface area contributed by atoms with E-state index in [0.29, 0.717) is 17.9 Å². The largest absolute Gasteiger partial charge is 0.384 e. The molecule has 0 aromatic carbocycles. The second-order valence-electron chi connectivity index (χ2n) is 4.48. The molecular weight excluding hydrogens is 264 g/mol. The van der Waals surface area contributed by atoms with Crippen LogP contribution >= 0.6 is 0 Å². The Morgan fingerprint density at radius 2 is 2.29 bits per heavy atom. The summed E-state index contributed by atoms with van der Waals surface area (Å²) in [6.07, 6.45) is 7.81. The lowest BCUT2D eigenvalue weighted by molar-refractivity contribution is 0.0957. The third kappa shape index (κ3) is 6.03. The molecule has 0 aliphatic heterocycles. The number of aliphatic imine (C=N–C) groups is 1. The summed E-state index contributed by atoms with van der Waals surface area (Å²) in [4.78, 5) is 20.3. The number of pyridine rings is 1. The van der Waals surface area contributed by atoms with Gasteiger partial charge in [0.2, 0.25) is 0 Å². The normalized spacial score (nSPS) is 12.7. The Hall–Kier alpha value is -2.43. The number of amides is 1. The highest BCUT2D eigenvalue weighted by molar-refractivity contribution is 5.94. The zero-order valence-electron chi connectivity index (χ0n) is 12.8. The average Bonchev–Trinajstić information content (AvgIpc) is 2.47. The molecular formula is C16H22N4O. The Labute approximate surface area is 125 Å². The molecule has 0 radical (unpaired) electrons. The molecule has 0 saturated carbocycles. The molecule has 0 fully saturated rings. The third-order valence-electron chi connectivity index (χ3n) is 2.74. The molecule has 1 rings (SSSR count). The van der Waals surface area contributed by atoms with Gasteiger partial charge >= 0.3 is 0 Å². The maximum atomic E-state index is 12.0. The minimum absolute atomic E-state index is 0.124. The first kappa shape index (κ1) is 16.6. The minimum Gasteiger partial charge on any atom is -0.384 e. The van der Waals surface area contributed by atoms with Crippen LogP contribution in [-0.4, -0.2) is 23.3 Å². The van der Waals surface area contributed by atoms with Crippen molar-refractivity contribution in [2.45, 2.75) is 27.2 Å². The molecule has 21 heavy (non-hydrogen) atoms. The van der Waals surface area contributed by atoms with Gasteiger partial charge in [-0.25, -0.2) is 4.99 Å². The molecule has 0 saturated heterocycles. The van der Waals surface area contributed by atoms with Crippen molar-refractivity contribution in [2.75, 3.05) is 6.54 Å². The summed E-state index contributed by atoms with van der Waals surface area (Å²) in [7, 11) is 0. The smallest absolute Gasteiger partial charge is 0.251 e. The number of aromatic nitrogens is 1. The second kappa shape index (κ2) is 8.68. The summed E-state index contributed by atoms with van der Waals surface area (Å²) in [6.45, 7) is 6.12. The Morgan fingerprint density at radius 3 is 2.95 bits per heavy atom. The van der Waals surface area contributed by atoms with E-state index in [0.717, 1.165) is 17.8 Å². The van der Waals surface area contributed by atoms with E-state index in [4.69, 9.17) is 5.73 Å². The van der Waals surface area contributed by atoms with Crippen molar-refractivity contribution in [1.29, 1.82) is 0 Å². The summed E-state index contributed by atoms with van der Waals surface area (Å²) in [5.41, 5.74) is 7.94. The first-order valence-electron chi connectivity index (χ1n) is 6.93. The predicted octanol–water partition coefficient (Wildman–Crippen LogP) is 2.21. The van der Waals surface area contributed by atoms with E-state index in [1.165, 1.54) is 0 Å². The van der Waals surface area contributed by atoms with Crippen LogP contribution in [0.3, 0.4) is 0 Å². The summed E-state index contributed by atoms with van der Waals surface area (Å²) < 4.78 is 0. The molecule has 0 aliphatic carbocycles. The first-order chi connectivity index (χ1) is 10.1. The number of nitrogens with two attached hydrogens (primary N) is 1. The molecule has 3 N–H and O–H groups in total. The Bertz CT molecular complexity index is 573. The van der Waals surface area contributed by atoms with E-state index < -0.39 is 0 Å². The SMILES string of the molecule is C/C=C/C(N)=N\C(C)=C\CNC(=O)c1ccnc(CC)c1. The third-order valence-corrected chi connectivity index (χ3v) is 2.74. The number of amidine groups is 1. The number of nitrogens with one attached hydrogen (secondary N) is 1. The van der Waals surface area contributed by atoms with Gasteiger partial charge in [0.25, 0.3) is 5.91 Å². The maximum absolute atomic E-state index is 12.0. The number of rotatable bonds is 6. The maximum Gasteiger partial charge on any atom is 0.251 e. The molecule has 5 nitrogen and oxygen atoms in total. The van der Waals surface area contributed by atoms with Gasteiger partial charge in [-0.2, -0.15) is 0 Å². The zero-order chi connectivity index (χ0) is 15.7. The fourth-order valence-corrected chi connectivity index (χ4v) is 1.66. The summed E-state index contributed by atoms with van der Waals surface area (Å²) in [5, 5.41) is 2.82. The van der Waals surface area contributed by atoms with Gasteiger partial charge in [0.15, 0.2) is 0 Å². The number of hydrogen-bond donors (Lipinski definition) is 2. The highest BCUT2D eigenvalue weighted by Crippen LogP contribution is 2.02. The van der Waals surface area contributed by atoms with Crippen LogP contribution in [0.2, 0.25) is 0 Å². The van der Waals surface area contributed by atoms with Crippen LogP contribution < -0.4 is 11.1 Å². The summed E-state index contributed by atoms with van der Waals surface area (Å²) >= 11 is 0. The summed E-state index contributed by atoms with van der Waals surface area (Å²) in [6, 6.07) is 3.50. The molecule has 5 heteroatoms. The fourth-order valence-electron chi connectivity index (χ4n) is 1.66. The van der Waals surface area contributed by atoms with Gasteiger partial charge < -0.3 is 11.1 Å². The molecule has 0 spiro atoms. The highest BCUT2D eigenvalue weighted by atomic mass is 16.1. The molecule has 0 unspecified atom stereocenters.